The Labute approximate surface area is 157 Å². The molecule has 28 heavy (non-hydrogen) atoms. The van der Waals surface area contributed by atoms with E-state index in [2.05, 4.69) is 19.6 Å². The van der Waals surface area contributed by atoms with E-state index >= 15 is 0 Å². The molecule has 2 aromatic rings. The van der Waals surface area contributed by atoms with Crippen molar-refractivity contribution < 1.29 is 27.3 Å². The number of carbonyl (C=O) groups excluding carboxylic acids is 2. The predicted molar refractivity (Wildman–Crippen MR) is 87.7 cm³/mol. The smallest absolute Gasteiger partial charge is 0.343 e. The average Bonchev–Trinajstić information content (AvgIpc) is 3.27. The Morgan fingerprint density at radius 2 is 2.00 bits per heavy atom. The molecule has 0 atom stereocenters. The first-order valence-electron chi connectivity index (χ1n) is 8.70. The van der Waals surface area contributed by atoms with Crippen LogP contribution < -0.4 is 0 Å². The van der Waals surface area contributed by atoms with Gasteiger partial charge >= 0.3 is 12.1 Å². The van der Waals surface area contributed by atoms with Crippen molar-refractivity contribution in [3.05, 3.63) is 29.4 Å². The van der Waals surface area contributed by atoms with Gasteiger partial charge in [-0.25, -0.2) is 0 Å². The van der Waals surface area contributed by atoms with E-state index < -0.39 is 12.1 Å². The lowest BCUT2D eigenvalue weighted by Crippen LogP contribution is -2.46. The first kappa shape index (κ1) is 18.4. The van der Waals surface area contributed by atoms with Crippen LogP contribution in [0.25, 0.3) is 11.4 Å². The molecular weight excluding hydrogens is 379 g/mol. The highest BCUT2D eigenvalue weighted by Crippen LogP contribution is 2.32. The molecule has 0 spiro atoms. The number of alkyl halides is 3. The molecule has 8 nitrogen and oxygen atoms in total. The Balaban J connectivity index is 1.53. The molecule has 4 rings (SSSR count). The van der Waals surface area contributed by atoms with E-state index in [1.54, 1.807) is 9.80 Å². The fourth-order valence-corrected chi connectivity index (χ4v) is 3.56. The summed E-state index contributed by atoms with van der Waals surface area (Å²) >= 11 is 0. The van der Waals surface area contributed by atoms with Gasteiger partial charge in [0.2, 0.25) is 11.7 Å². The Kier molecular flexibility index (Phi) is 4.31. The molecule has 148 valence electrons. The molecular formula is C17H16F3N5O3. The standard InChI is InChI=1S/C17H16F3N5O3/c1-9(26)24-4-2-11(3-5-24)25-8-13-12(15(25)27)6-10(7-21-13)14-22-16(28-23-14)17(18,19)20/h6-7,11H,2-5,8H2,1H3. The highest BCUT2D eigenvalue weighted by atomic mass is 19.4. The number of fused-ring (bicyclic) bond motifs is 1. The summed E-state index contributed by atoms with van der Waals surface area (Å²) in [6.45, 7) is 3.02. The van der Waals surface area contributed by atoms with Gasteiger partial charge in [0.25, 0.3) is 5.91 Å². The first-order chi connectivity index (χ1) is 13.2. The zero-order chi connectivity index (χ0) is 20.1. The number of likely N-dealkylation sites (tertiary alicyclic amines) is 1. The normalized spacial score (nSPS) is 17.9. The second-order valence-corrected chi connectivity index (χ2v) is 6.81. The number of amides is 2. The van der Waals surface area contributed by atoms with Gasteiger partial charge in [0.05, 0.1) is 17.8 Å². The van der Waals surface area contributed by atoms with Gasteiger partial charge in [0.15, 0.2) is 0 Å². The van der Waals surface area contributed by atoms with Crippen LogP contribution in [0.2, 0.25) is 0 Å². The number of hydrogen-bond donors (Lipinski definition) is 0. The minimum absolute atomic E-state index is 0.0113. The Morgan fingerprint density at radius 1 is 1.29 bits per heavy atom. The van der Waals surface area contributed by atoms with Crippen LogP contribution in [0.1, 0.15) is 41.7 Å². The van der Waals surface area contributed by atoms with Crippen LogP contribution in [-0.2, 0) is 17.5 Å². The largest absolute Gasteiger partial charge is 0.471 e. The Bertz CT molecular complexity index is 934. The van der Waals surface area contributed by atoms with Crippen LogP contribution in [0, 0.1) is 0 Å². The molecule has 2 aliphatic rings. The van der Waals surface area contributed by atoms with Crippen molar-refractivity contribution in [2.75, 3.05) is 13.1 Å². The monoisotopic (exact) mass is 395 g/mol. The third kappa shape index (κ3) is 3.20. The van der Waals surface area contributed by atoms with E-state index in [0.29, 0.717) is 43.7 Å². The summed E-state index contributed by atoms with van der Waals surface area (Å²) in [6, 6.07) is 1.43. The Hall–Kier alpha value is -2.98. The molecule has 0 bridgehead atoms. The fraction of sp³-hybridized carbons (Fsp3) is 0.471. The lowest BCUT2D eigenvalue weighted by atomic mass is 10.0. The van der Waals surface area contributed by atoms with E-state index in [-0.39, 0.29) is 29.2 Å². The second-order valence-electron chi connectivity index (χ2n) is 6.81. The van der Waals surface area contributed by atoms with E-state index in [0.717, 1.165) is 0 Å². The van der Waals surface area contributed by atoms with E-state index in [4.69, 9.17) is 0 Å². The molecule has 0 radical (unpaired) electrons. The summed E-state index contributed by atoms with van der Waals surface area (Å²) in [5.41, 5.74) is 1.06. The van der Waals surface area contributed by atoms with Crippen molar-refractivity contribution in [1.82, 2.24) is 24.9 Å². The van der Waals surface area contributed by atoms with Gasteiger partial charge in [-0.2, -0.15) is 18.2 Å². The molecule has 11 heteroatoms. The molecule has 0 N–H and O–H groups in total. The summed E-state index contributed by atoms with van der Waals surface area (Å²) in [7, 11) is 0. The van der Waals surface area contributed by atoms with Crippen molar-refractivity contribution in [1.29, 1.82) is 0 Å². The lowest BCUT2D eigenvalue weighted by molar-refractivity contribution is -0.159. The maximum Gasteiger partial charge on any atom is 0.471 e. The van der Waals surface area contributed by atoms with E-state index in [9.17, 15) is 22.8 Å². The van der Waals surface area contributed by atoms with Crippen LogP contribution >= 0.6 is 0 Å². The Morgan fingerprint density at radius 3 is 2.61 bits per heavy atom. The summed E-state index contributed by atoms with van der Waals surface area (Å²) in [5, 5.41) is 3.33. The molecule has 0 aliphatic carbocycles. The minimum atomic E-state index is -4.74. The van der Waals surface area contributed by atoms with Crippen molar-refractivity contribution >= 4 is 11.8 Å². The van der Waals surface area contributed by atoms with Crippen LogP contribution in [0.5, 0.6) is 0 Å². The predicted octanol–water partition coefficient (Wildman–Crippen LogP) is 2.12. The quantitative estimate of drug-likeness (QED) is 0.774. The fourth-order valence-electron chi connectivity index (χ4n) is 3.56. The summed E-state index contributed by atoms with van der Waals surface area (Å²) in [6.07, 6.45) is -2.06. The molecule has 0 aromatic carbocycles. The molecule has 0 saturated carbocycles. The molecule has 4 heterocycles. The number of pyridine rings is 1. The maximum atomic E-state index is 12.8. The number of hydrogen-bond acceptors (Lipinski definition) is 6. The molecule has 2 aromatic heterocycles. The van der Waals surface area contributed by atoms with Crippen LogP contribution in [0.4, 0.5) is 13.2 Å². The van der Waals surface area contributed by atoms with Gasteiger partial charge in [-0.05, 0) is 18.9 Å². The average molecular weight is 395 g/mol. The number of nitrogens with zero attached hydrogens (tertiary/aromatic N) is 5. The zero-order valence-corrected chi connectivity index (χ0v) is 14.9. The van der Waals surface area contributed by atoms with Crippen molar-refractivity contribution in [2.24, 2.45) is 0 Å². The first-order valence-corrected chi connectivity index (χ1v) is 8.70. The molecule has 2 aliphatic heterocycles. The van der Waals surface area contributed by atoms with Crippen LogP contribution in [0.15, 0.2) is 16.8 Å². The lowest BCUT2D eigenvalue weighted by Gasteiger charge is -2.36. The number of halogens is 3. The van der Waals surface area contributed by atoms with E-state index in [1.165, 1.54) is 19.2 Å². The number of piperidine rings is 1. The number of aromatic nitrogens is 3. The highest BCUT2D eigenvalue weighted by Gasteiger charge is 2.39. The number of carbonyl (C=O) groups is 2. The van der Waals surface area contributed by atoms with Crippen LogP contribution in [-0.4, -0.2) is 55.9 Å². The van der Waals surface area contributed by atoms with Gasteiger partial charge in [-0.3, -0.25) is 14.6 Å². The van der Waals surface area contributed by atoms with Gasteiger partial charge in [0.1, 0.15) is 0 Å². The zero-order valence-electron chi connectivity index (χ0n) is 14.9. The molecule has 0 unspecified atom stereocenters. The van der Waals surface area contributed by atoms with Gasteiger partial charge in [-0.1, -0.05) is 5.16 Å². The van der Waals surface area contributed by atoms with Gasteiger partial charge in [-0.15, -0.1) is 0 Å². The van der Waals surface area contributed by atoms with Gasteiger partial charge < -0.3 is 14.3 Å². The van der Waals surface area contributed by atoms with Crippen molar-refractivity contribution in [3.63, 3.8) is 0 Å². The summed E-state index contributed by atoms with van der Waals surface area (Å²) < 4.78 is 42.1. The topological polar surface area (TPSA) is 92.4 Å². The number of rotatable bonds is 2. The van der Waals surface area contributed by atoms with Crippen molar-refractivity contribution in [3.8, 4) is 11.4 Å². The highest BCUT2D eigenvalue weighted by molar-refractivity contribution is 5.99. The van der Waals surface area contributed by atoms with Crippen LogP contribution in [0.3, 0.4) is 0 Å². The SMILES string of the molecule is CC(=O)N1CCC(N2Cc3ncc(-c4noc(C(F)(F)F)n4)cc3C2=O)CC1. The third-order valence-corrected chi connectivity index (χ3v) is 5.06. The molecule has 1 fully saturated rings. The molecule has 2 amide bonds. The maximum absolute atomic E-state index is 12.8. The van der Waals surface area contributed by atoms with E-state index in [1.807, 2.05) is 0 Å². The summed E-state index contributed by atoms with van der Waals surface area (Å²) in [5.74, 6) is -1.94. The summed E-state index contributed by atoms with van der Waals surface area (Å²) in [4.78, 5) is 35.3. The minimum Gasteiger partial charge on any atom is -0.343 e. The van der Waals surface area contributed by atoms with Crippen molar-refractivity contribution in [2.45, 2.75) is 38.5 Å². The van der Waals surface area contributed by atoms with Gasteiger partial charge in [0, 0.05) is 37.8 Å². The second kappa shape index (κ2) is 6.57. The third-order valence-electron chi connectivity index (χ3n) is 5.06. The molecule has 1 saturated heterocycles.